The average Bonchev–Trinajstić information content (AvgIpc) is 3.18. The lowest BCUT2D eigenvalue weighted by atomic mass is 9.95. The van der Waals surface area contributed by atoms with E-state index in [2.05, 4.69) is 21.7 Å². The molecule has 1 N–H and O–H groups in total. The molecule has 2 aromatic heterocycles. The number of aromatic nitrogens is 2. The minimum atomic E-state index is 0.529. The summed E-state index contributed by atoms with van der Waals surface area (Å²) < 4.78 is 6.56. The van der Waals surface area contributed by atoms with Crippen LogP contribution in [0.15, 0.2) is 22.0 Å². The number of pyridine rings is 1. The van der Waals surface area contributed by atoms with Crippen LogP contribution in [0.25, 0.3) is 11.3 Å². The lowest BCUT2D eigenvalue weighted by Gasteiger charge is -2.23. The highest BCUT2D eigenvalue weighted by Crippen LogP contribution is 2.35. The van der Waals surface area contributed by atoms with Gasteiger partial charge in [0.1, 0.15) is 5.82 Å². The molecule has 0 spiro atoms. The molecule has 7 heteroatoms. The topological polar surface area (TPSA) is 47.0 Å². The largest absolute Gasteiger partial charge is 0.381 e. The fraction of sp³-hybridized carbons (Fsp3) is 0.600. The predicted molar refractivity (Wildman–Crippen MR) is 115 cm³/mol. The predicted octanol–water partition coefficient (Wildman–Crippen LogP) is 6.12. The van der Waals surface area contributed by atoms with E-state index < -0.39 is 0 Å². The molecule has 0 bridgehead atoms. The van der Waals surface area contributed by atoms with E-state index in [9.17, 15) is 0 Å². The first-order chi connectivity index (χ1) is 13.3. The maximum absolute atomic E-state index is 6.44. The summed E-state index contributed by atoms with van der Waals surface area (Å²) in [6.07, 6.45) is 10.5. The van der Waals surface area contributed by atoms with E-state index in [0.717, 1.165) is 59.1 Å². The zero-order valence-electron chi connectivity index (χ0n) is 15.5. The molecule has 0 amide bonds. The minimum Gasteiger partial charge on any atom is -0.381 e. The number of halogens is 1. The molecule has 0 atom stereocenters. The Labute approximate surface area is 174 Å². The molecule has 3 heterocycles. The number of nitrogens with zero attached hydrogens (tertiary/aromatic N) is 2. The van der Waals surface area contributed by atoms with Crippen molar-refractivity contribution in [2.75, 3.05) is 24.3 Å². The van der Waals surface area contributed by atoms with Crippen LogP contribution < -0.4 is 5.32 Å². The molecule has 1 aliphatic carbocycles. The molecule has 0 radical (unpaired) electrons. The molecule has 0 unspecified atom stereocenters. The maximum Gasteiger partial charge on any atom is 0.150 e. The Bertz CT molecular complexity index is 743. The number of thioether (sulfide) groups is 1. The summed E-state index contributed by atoms with van der Waals surface area (Å²) in [5, 5.41) is 6.35. The highest BCUT2D eigenvalue weighted by molar-refractivity contribution is 8.01. The summed E-state index contributed by atoms with van der Waals surface area (Å²) in [6.45, 7) is 1.80. The lowest BCUT2D eigenvalue weighted by molar-refractivity contribution is 0.0728. The van der Waals surface area contributed by atoms with Crippen molar-refractivity contribution in [2.45, 2.75) is 55.3 Å². The van der Waals surface area contributed by atoms with Crippen LogP contribution in [0.5, 0.6) is 0 Å². The number of thiazole rings is 1. The van der Waals surface area contributed by atoms with Gasteiger partial charge < -0.3 is 10.1 Å². The van der Waals surface area contributed by atoms with E-state index in [-0.39, 0.29) is 0 Å². The zero-order valence-corrected chi connectivity index (χ0v) is 17.8. The van der Waals surface area contributed by atoms with Gasteiger partial charge in [-0.3, -0.25) is 0 Å². The van der Waals surface area contributed by atoms with Crippen LogP contribution in [0.2, 0.25) is 5.02 Å². The summed E-state index contributed by atoms with van der Waals surface area (Å²) in [5.41, 5.74) is 1.92. The van der Waals surface area contributed by atoms with Crippen LogP contribution >= 0.6 is 34.7 Å². The molecule has 146 valence electrons. The number of ether oxygens (including phenoxy) is 1. The Kier molecular flexibility index (Phi) is 6.92. The van der Waals surface area contributed by atoms with Crippen molar-refractivity contribution in [1.29, 1.82) is 0 Å². The van der Waals surface area contributed by atoms with Gasteiger partial charge >= 0.3 is 0 Å². The van der Waals surface area contributed by atoms with Gasteiger partial charge in [0.05, 0.1) is 10.7 Å². The van der Waals surface area contributed by atoms with Gasteiger partial charge in [-0.25, -0.2) is 9.97 Å². The maximum atomic E-state index is 6.44. The van der Waals surface area contributed by atoms with Gasteiger partial charge in [-0.1, -0.05) is 42.6 Å². The molecule has 2 aliphatic rings. The minimum absolute atomic E-state index is 0.529. The van der Waals surface area contributed by atoms with Gasteiger partial charge in [0.25, 0.3) is 0 Å². The van der Waals surface area contributed by atoms with Crippen LogP contribution in [0.3, 0.4) is 0 Å². The first-order valence-electron chi connectivity index (χ1n) is 9.86. The van der Waals surface area contributed by atoms with Crippen LogP contribution in [0.4, 0.5) is 5.82 Å². The third-order valence-electron chi connectivity index (χ3n) is 5.35. The Morgan fingerprint density at radius 1 is 1.19 bits per heavy atom. The fourth-order valence-corrected chi connectivity index (χ4v) is 5.96. The van der Waals surface area contributed by atoms with Gasteiger partial charge in [0.15, 0.2) is 4.34 Å². The van der Waals surface area contributed by atoms with E-state index in [1.54, 1.807) is 17.5 Å². The van der Waals surface area contributed by atoms with Crippen molar-refractivity contribution in [1.82, 2.24) is 9.97 Å². The molecule has 0 aromatic carbocycles. The fourth-order valence-electron chi connectivity index (χ4n) is 3.72. The smallest absolute Gasteiger partial charge is 0.150 e. The summed E-state index contributed by atoms with van der Waals surface area (Å²) in [7, 11) is 0. The number of nitrogens with one attached hydrogen (secondary N) is 1. The quantitative estimate of drug-likeness (QED) is 0.567. The Morgan fingerprint density at radius 2 is 2.00 bits per heavy atom. The van der Waals surface area contributed by atoms with Crippen molar-refractivity contribution in [3.8, 4) is 11.3 Å². The van der Waals surface area contributed by atoms with E-state index in [0.29, 0.717) is 11.1 Å². The molecule has 2 aromatic rings. The zero-order chi connectivity index (χ0) is 18.5. The van der Waals surface area contributed by atoms with E-state index in [1.807, 2.05) is 11.8 Å². The molecule has 1 saturated heterocycles. The Morgan fingerprint density at radius 3 is 2.81 bits per heavy atom. The molecule has 4 nitrogen and oxygen atoms in total. The van der Waals surface area contributed by atoms with Crippen molar-refractivity contribution in [3.63, 3.8) is 0 Å². The third kappa shape index (κ3) is 5.37. The normalized spacial score (nSPS) is 19.3. The van der Waals surface area contributed by atoms with E-state index in [1.165, 1.54) is 32.1 Å². The van der Waals surface area contributed by atoms with E-state index in [4.69, 9.17) is 21.3 Å². The average molecular weight is 424 g/mol. The van der Waals surface area contributed by atoms with Gasteiger partial charge in [-0.05, 0) is 37.7 Å². The highest BCUT2D eigenvalue weighted by atomic mass is 35.5. The van der Waals surface area contributed by atoms with Gasteiger partial charge in [-0.15, -0.1) is 11.3 Å². The van der Waals surface area contributed by atoms with Crippen LogP contribution in [0.1, 0.15) is 44.9 Å². The van der Waals surface area contributed by atoms with Crippen molar-refractivity contribution in [3.05, 3.63) is 22.7 Å². The third-order valence-corrected chi connectivity index (χ3v) is 7.91. The second-order valence-electron chi connectivity index (χ2n) is 7.39. The molecular formula is C20H26ClN3OS2. The van der Waals surface area contributed by atoms with E-state index >= 15 is 0 Å². The van der Waals surface area contributed by atoms with Crippen LogP contribution in [-0.4, -0.2) is 35.0 Å². The molecule has 1 aliphatic heterocycles. The first kappa shape index (κ1) is 19.5. The standard InChI is InChI=1S/C20H26ClN3OS2/c21-17-11-22-19(23-15-4-2-1-3-5-15)10-16(17)18-13-27-20(24-18)26-12-14-6-8-25-9-7-14/h10-11,13-15H,1-9,12H2,(H,22,23). The summed E-state index contributed by atoms with van der Waals surface area (Å²) in [4.78, 5) is 9.30. The second kappa shape index (κ2) is 9.59. The van der Waals surface area contributed by atoms with Gasteiger partial charge in [0.2, 0.25) is 0 Å². The summed E-state index contributed by atoms with van der Waals surface area (Å²) >= 11 is 10.00. The summed E-state index contributed by atoms with van der Waals surface area (Å²) in [5.74, 6) is 2.77. The molecule has 27 heavy (non-hydrogen) atoms. The van der Waals surface area contributed by atoms with Crippen LogP contribution in [0, 0.1) is 5.92 Å². The summed E-state index contributed by atoms with van der Waals surface area (Å²) in [6, 6.07) is 2.58. The Balaban J connectivity index is 1.41. The molecule has 1 saturated carbocycles. The van der Waals surface area contributed by atoms with Gasteiger partial charge in [0, 0.05) is 42.1 Å². The monoisotopic (exact) mass is 423 g/mol. The van der Waals surface area contributed by atoms with Crippen molar-refractivity contribution < 1.29 is 4.74 Å². The van der Waals surface area contributed by atoms with Crippen LogP contribution in [-0.2, 0) is 4.74 Å². The van der Waals surface area contributed by atoms with Crippen molar-refractivity contribution >= 4 is 40.5 Å². The Hall–Kier alpha value is -0.820. The van der Waals surface area contributed by atoms with Crippen molar-refractivity contribution in [2.24, 2.45) is 5.92 Å². The number of rotatable bonds is 6. The first-order valence-corrected chi connectivity index (χ1v) is 12.1. The lowest BCUT2D eigenvalue weighted by Crippen LogP contribution is -2.22. The number of anilines is 1. The van der Waals surface area contributed by atoms with Gasteiger partial charge in [-0.2, -0.15) is 0 Å². The molecular weight excluding hydrogens is 398 g/mol. The second-order valence-corrected chi connectivity index (χ2v) is 9.93. The molecule has 2 fully saturated rings. The number of hydrogen-bond acceptors (Lipinski definition) is 6. The SMILES string of the molecule is Clc1cnc(NC2CCCCC2)cc1-c1csc(SCC2CCOCC2)n1. The molecule has 4 rings (SSSR count). The number of hydrogen-bond donors (Lipinski definition) is 1. The highest BCUT2D eigenvalue weighted by Gasteiger charge is 2.17.